The van der Waals surface area contributed by atoms with Crippen LogP contribution in [0.2, 0.25) is 0 Å². The summed E-state index contributed by atoms with van der Waals surface area (Å²) in [4.78, 5) is -0.460. The second kappa shape index (κ2) is 11.7. The number of rotatable bonds is 7. The maximum absolute atomic E-state index is 15.5. The summed E-state index contributed by atoms with van der Waals surface area (Å²) in [6.07, 6.45) is -4.87. The zero-order valence-corrected chi connectivity index (χ0v) is 25.7. The number of alkyl halides is 3. The van der Waals surface area contributed by atoms with Crippen molar-refractivity contribution in [1.82, 2.24) is 4.31 Å². The molecule has 0 spiro atoms. The lowest BCUT2D eigenvalue weighted by Gasteiger charge is -2.51. The summed E-state index contributed by atoms with van der Waals surface area (Å²) < 4.78 is 131. The highest BCUT2D eigenvalue weighted by Gasteiger charge is 2.57. The molecule has 13 heteroatoms. The van der Waals surface area contributed by atoms with Gasteiger partial charge in [0.05, 0.1) is 22.8 Å². The molecule has 0 unspecified atom stereocenters. The van der Waals surface area contributed by atoms with Gasteiger partial charge in [-0.1, -0.05) is 19.1 Å². The van der Waals surface area contributed by atoms with Crippen LogP contribution in [0.5, 0.6) is 5.75 Å². The van der Waals surface area contributed by atoms with Crippen molar-refractivity contribution in [2.75, 3.05) is 7.11 Å². The number of sulfone groups is 1. The van der Waals surface area contributed by atoms with Gasteiger partial charge in [0.15, 0.2) is 9.84 Å². The highest BCUT2D eigenvalue weighted by Crippen LogP contribution is 2.54. The van der Waals surface area contributed by atoms with Crippen LogP contribution in [0.15, 0.2) is 71.6 Å². The number of ether oxygens (including phenoxy) is 1. The van der Waals surface area contributed by atoms with Crippen LogP contribution in [0.3, 0.4) is 0 Å². The average molecular weight is 658 g/mol. The lowest BCUT2D eigenvalue weighted by atomic mass is 9.72. The summed E-state index contributed by atoms with van der Waals surface area (Å²) in [5, 5.41) is -0.844. The van der Waals surface area contributed by atoms with E-state index >= 15 is 4.39 Å². The van der Waals surface area contributed by atoms with Crippen LogP contribution < -0.4 is 4.74 Å². The van der Waals surface area contributed by atoms with Crippen LogP contribution in [0.4, 0.5) is 22.0 Å². The normalized spacial score (nSPS) is 25.8. The third-order valence-electron chi connectivity index (χ3n) is 9.04. The van der Waals surface area contributed by atoms with Gasteiger partial charge in [0.2, 0.25) is 10.0 Å². The number of fused-ring (bicyclic) bond motifs is 1. The van der Waals surface area contributed by atoms with E-state index in [4.69, 9.17) is 4.74 Å². The minimum atomic E-state index is -4.71. The van der Waals surface area contributed by atoms with Crippen molar-refractivity contribution in [2.45, 2.75) is 72.7 Å². The SMILES string of the molecule is CC[C@H]1C[C@@H]2C[C@](c3cc(F)ccc3F)(S(=O)(=O)c3ccc(C(F)(F)F)cc3)CC[C@@H]2N(Cc2ccc(OC)cc2)S1(=O)=O. The molecule has 1 aliphatic carbocycles. The number of halogens is 5. The molecule has 1 saturated heterocycles. The first-order valence-corrected chi connectivity index (χ1v) is 17.1. The zero-order valence-electron chi connectivity index (χ0n) is 24.0. The van der Waals surface area contributed by atoms with Crippen molar-refractivity contribution >= 4 is 19.9 Å². The Morgan fingerprint density at radius 3 is 2.25 bits per heavy atom. The van der Waals surface area contributed by atoms with Crippen molar-refractivity contribution in [2.24, 2.45) is 5.92 Å². The highest BCUT2D eigenvalue weighted by molar-refractivity contribution is 7.92. The lowest BCUT2D eigenvalue weighted by Crippen LogP contribution is -2.58. The molecule has 0 radical (unpaired) electrons. The zero-order chi connectivity index (χ0) is 32.1. The molecule has 3 aromatic carbocycles. The van der Waals surface area contributed by atoms with Gasteiger partial charge >= 0.3 is 6.18 Å². The number of sulfonamides is 1. The summed E-state index contributed by atoms with van der Waals surface area (Å²) in [6, 6.07) is 11.7. The van der Waals surface area contributed by atoms with E-state index in [0.717, 1.165) is 30.3 Å². The van der Waals surface area contributed by atoms with Gasteiger partial charge in [-0.25, -0.2) is 25.6 Å². The van der Waals surface area contributed by atoms with E-state index in [2.05, 4.69) is 0 Å². The lowest BCUT2D eigenvalue weighted by molar-refractivity contribution is -0.137. The van der Waals surface area contributed by atoms with E-state index in [-0.39, 0.29) is 38.6 Å². The van der Waals surface area contributed by atoms with Crippen LogP contribution in [0.25, 0.3) is 0 Å². The predicted octanol–water partition coefficient (Wildman–Crippen LogP) is 6.84. The van der Waals surface area contributed by atoms with Crippen molar-refractivity contribution < 1.29 is 43.5 Å². The Labute approximate surface area is 253 Å². The number of hydrogen-bond acceptors (Lipinski definition) is 5. The van der Waals surface area contributed by atoms with Gasteiger partial charge in [-0.2, -0.15) is 17.5 Å². The molecule has 1 aliphatic heterocycles. The van der Waals surface area contributed by atoms with E-state index in [9.17, 15) is 34.4 Å². The summed E-state index contributed by atoms with van der Waals surface area (Å²) in [6.45, 7) is 1.74. The van der Waals surface area contributed by atoms with Gasteiger partial charge in [0, 0.05) is 18.2 Å². The Bertz CT molecular complexity index is 1730. The fraction of sp³-hybridized carbons (Fsp3) is 0.419. The van der Waals surface area contributed by atoms with E-state index in [1.807, 2.05) is 0 Å². The maximum Gasteiger partial charge on any atom is 0.416 e. The fourth-order valence-corrected chi connectivity index (χ4v) is 11.3. The molecular weight excluding hydrogens is 625 g/mol. The van der Waals surface area contributed by atoms with Gasteiger partial charge in [-0.3, -0.25) is 0 Å². The first-order valence-electron chi connectivity index (χ1n) is 14.1. The largest absolute Gasteiger partial charge is 0.497 e. The molecule has 5 rings (SSSR count). The van der Waals surface area contributed by atoms with Gasteiger partial charge in [-0.05, 0) is 98.2 Å². The summed E-state index contributed by atoms with van der Waals surface area (Å²) in [5.74, 6) is -1.81. The third kappa shape index (κ3) is 5.62. The first kappa shape index (κ1) is 32.4. The number of methoxy groups -OCH3 is 1. The molecular formula is C31H32F5NO5S2. The summed E-state index contributed by atoms with van der Waals surface area (Å²) in [7, 11) is -6.92. The number of nitrogens with zero attached hydrogens (tertiary/aromatic N) is 1. The van der Waals surface area contributed by atoms with Crippen LogP contribution in [-0.2, 0) is 37.3 Å². The molecule has 44 heavy (non-hydrogen) atoms. The standard InChI is InChI=1S/C31H32F5NO5S2/c1-3-25-16-21-18-30(27-17-23(32)8-13-28(27)33,43(38,39)26-11-6-22(7-12-26)31(34,35)36)15-14-29(21)37(44(25,40)41)19-20-4-9-24(42-2)10-5-20/h4-13,17,21,25,29H,3,14-16,18-19H2,1-2H3/t21-,25+,29+,30-/m1/s1. The molecule has 2 fully saturated rings. The Kier molecular flexibility index (Phi) is 8.62. The molecule has 3 aromatic rings. The van der Waals surface area contributed by atoms with Crippen LogP contribution in [-0.4, -0.2) is 39.5 Å². The van der Waals surface area contributed by atoms with E-state index in [1.165, 1.54) is 11.4 Å². The number of hydrogen-bond donors (Lipinski definition) is 0. The second-order valence-corrected chi connectivity index (χ2v) is 15.8. The van der Waals surface area contributed by atoms with E-state index in [1.54, 1.807) is 31.2 Å². The molecule has 0 aromatic heterocycles. The van der Waals surface area contributed by atoms with Crippen LogP contribution in [0.1, 0.15) is 55.7 Å². The molecule has 0 N–H and O–H groups in total. The third-order valence-corrected chi connectivity index (χ3v) is 14.0. The average Bonchev–Trinajstić information content (AvgIpc) is 2.99. The van der Waals surface area contributed by atoms with Gasteiger partial charge in [0.1, 0.15) is 22.1 Å². The smallest absolute Gasteiger partial charge is 0.416 e. The Morgan fingerprint density at radius 1 is 1.00 bits per heavy atom. The molecule has 1 saturated carbocycles. The minimum Gasteiger partial charge on any atom is -0.497 e. The molecule has 0 amide bonds. The predicted molar refractivity (Wildman–Crippen MR) is 154 cm³/mol. The van der Waals surface area contributed by atoms with Gasteiger partial charge < -0.3 is 4.74 Å². The second-order valence-electron chi connectivity index (χ2n) is 11.4. The van der Waals surface area contributed by atoms with Crippen molar-refractivity contribution in [3.8, 4) is 5.75 Å². The van der Waals surface area contributed by atoms with Gasteiger partial charge in [-0.15, -0.1) is 0 Å². The Morgan fingerprint density at radius 2 is 1.66 bits per heavy atom. The van der Waals surface area contributed by atoms with E-state index in [0.29, 0.717) is 23.4 Å². The molecule has 4 atom stereocenters. The highest BCUT2D eigenvalue weighted by atomic mass is 32.2. The topological polar surface area (TPSA) is 80.8 Å². The van der Waals surface area contributed by atoms with Crippen molar-refractivity contribution in [3.63, 3.8) is 0 Å². The quantitative estimate of drug-likeness (QED) is 0.260. The molecule has 0 bridgehead atoms. The van der Waals surface area contributed by atoms with Crippen LogP contribution >= 0.6 is 0 Å². The van der Waals surface area contributed by atoms with Crippen molar-refractivity contribution in [3.05, 3.63) is 95.1 Å². The molecule has 2 aliphatic rings. The van der Waals surface area contributed by atoms with Crippen molar-refractivity contribution in [1.29, 1.82) is 0 Å². The van der Waals surface area contributed by atoms with E-state index < -0.39 is 75.7 Å². The van der Waals surface area contributed by atoms with Crippen LogP contribution in [0, 0.1) is 17.6 Å². The monoisotopic (exact) mass is 657 g/mol. The number of benzene rings is 3. The molecule has 6 nitrogen and oxygen atoms in total. The van der Waals surface area contributed by atoms with Gasteiger partial charge in [0.25, 0.3) is 0 Å². The molecule has 238 valence electrons. The maximum atomic E-state index is 15.5. The Balaban J connectivity index is 1.60. The summed E-state index contributed by atoms with van der Waals surface area (Å²) in [5.41, 5.74) is -0.780. The minimum absolute atomic E-state index is 0.00625. The molecule has 1 heterocycles. The first-order chi connectivity index (χ1) is 20.6. The Hall–Kier alpha value is -3.03. The fourth-order valence-electron chi connectivity index (χ4n) is 6.76. The summed E-state index contributed by atoms with van der Waals surface area (Å²) >= 11 is 0.